The Morgan fingerprint density at radius 3 is 2.83 bits per heavy atom. The van der Waals surface area contributed by atoms with Crippen LogP contribution in [0.25, 0.3) is 0 Å². The zero-order valence-electron chi connectivity index (χ0n) is 10.6. The average molecular weight is 270 g/mol. The van der Waals surface area contributed by atoms with Gasteiger partial charge >= 0.3 is 5.97 Å². The van der Waals surface area contributed by atoms with Gasteiger partial charge in [0.25, 0.3) is 5.19 Å². The number of aromatic nitrogens is 2. The Bertz CT molecular complexity index is 388. The van der Waals surface area contributed by atoms with Gasteiger partial charge in [-0.3, -0.25) is 4.79 Å². The molecule has 0 saturated heterocycles. The molecule has 0 N–H and O–H groups in total. The van der Waals surface area contributed by atoms with Crippen LogP contribution < -0.4 is 4.74 Å². The molecule has 1 aromatic rings. The van der Waals surface area contributed by atoms with Crippen LogP contribution >= 0.6 is 11.3 Å². The first-order valence-electron chi connectivity index (χ1n) is 6.42. The topological polar surface area (TPSA) is 61.3 Å². The van der Waals surface area contributed by atoms with E-state index in [1.54, 1.807) is 6.92 Å². The van der Waals surface area contributed by atoms with Crippen molar-refractivity contribution in [3.8, 4) is 5.19 Å². The third-order valence-corrected chi connectivity index (χ3v) is 3.68. The van der Waals surface area contributed by atoms with Crippen LogP contribution in [-0.4, -0.2) is 28.9 Å². The van der Waals surface area contributed by atoms with Crippen LogP contribution in [-0.2, 0) is 16.0 Å². The summed E-state index contributed by atoms with van der Waals surface area (Å²) in [4.78, 5) is 11.3. The van der Waals surface area contributed by atoms with E-state index in [1.807, 2.05) is 0 Å². The van der Waals surface area contributed by atoms with Crippen molar-refractivity contribution < 1.29 is 14.3 Å². The molecule has 1 saturated carbocycles. The van der Waals surface area contributed by atoms with Gasteiger partial charge in [-0.25, -0.2) is 0 Å². The lowest BCUT2D eigenvalue weighted by atomic mass is 9.98. The van der Waals surface area contributed by atoms with Crippen molar-refractivity contribution in [3.05, 3.63) is 5.01 Å². The van der Waals surface area contributed by atoms with Gasteiger partial charge in [0, 0.05) is 0 Å². The van der Waals surface area contributed by atoms with E-state index < -0.39 is 0 Å². The lowest BCUT2D eigenvalue weighted by Gasteiger charge is -2.20. The van der Waals surface area contributed by atoms with Crippen molar-refractivity contribution in [2.45, 2.75) is 51.6 Å². The summed E-state index contributed by atoms with van der Waals surface area (Å²) in [6.07, 6.45) is 6.36. The maximum absolute atomic E-state index is 11.3. The van der Waals surface area contributed by atoms with Crippen LogP contribution in [0, 0.1) is 0 Å². The molecule has 1 aliphatic rings. The summed E-state index contributed by atoms with van der Waals surface area (Å²) in [5, 5.41) is 9.13. The van der Waals surface area contributed by atoms with E-state index in [2.05, 4.69) is 10.2 Å². The molecule has 0 aromatic carbocycles. The van der Waals surface area contributed by atoms with Gasteiger partial charge < -0.3 is 9.47 Å². The number of hydrogen-bond acceptors (Lipinski definition) is 6. The first-order chi connectivity index (χ1) is 8.78. The van der Waals surface area contributed by atoms with Crippen molar-refractivity contribution in [2.75, 3.05) is 6.61 Å². The highest BCUT2D eigenvalue weighted by Gasteiger charge is 2.17. The largest absolute Gasteiger partial charge is 0.466 e. The summed E-state index contributed by atoms with van der Waals surface area (Å²) in [5.41, 5.74) is 0. The number of hydrogen-bond donors (Lipinski definition) is 0. The maximum Gasteiger partial charge on any atom is 0.312 e. The molecule has 0 radical (unpaired) electrons. The quantitative estimate of drug-likeness (QED) is 0.769. The molecule has 1 aromatic heterocycles. The molecule has 0 atom stereocenters. The number of carbonyl (C=O) groups is 1. The first kappa shape index (κ1) is 13.3. The lowest BCUT2D eigenvalue weighted by Crippen LogP contribution is -2.19. The summed E-state index contributed by atoms with van der Waals surface area (Å²) in [6.45, 7) is 2.18. The lowest BCUT2D eigenvalue weighted by molar-refractivity contribution is -0.142. The van der Waals surface area contributed by atoms with Crippen molar-refractivity contribution in [3.63, 3.8) is 0 Å². The first-order valence-corrected chi connectivity index (χ1v) is 7.24. The molecule has 100 valence electrons. The predicted molar refractivity (Wildman–Crippen MR) is 67.7 cm³/mol. The highest BCUT2D eigenvalue weighted by atomic mass is 32.1. The molecular weight excluding hydrogens is 252 g/mol. The fraction of sp³-hybridized carbons (Fsp3) is 0.750. The van der Waals surface area contributed by atoms with Crippen LogP contribution in [0.4, 0.5) is 0 Å². The second-order valence-electron chi connectivity index (χ2n) is 4.32. The Morgan fingerprint density at radius 1 is 1.33 bits per heavy atom. The summed E-state index contributed by atoms with van der Waals surface area (Å²) in [5.74, 6) is -0.266. The molecule has 0 spiro atoms. The van der Waals surface area contributed by atoms with Crippen LogP contribution in [0.3, 0.4) is 0 Å². The highest BCUT2D eigenvalue weighted by Crippen LogP contribution is 2.25. The van der Waals surface area contributed by atoms with Gasteiger partial charge in [-0.05, 0) is 32.6 Å². The van der Waals surface area contributed by atoms with Gasteiger partial charge in [0.15, 0.2) is 0 Å². The van der Waals surface area contributed by atoms with Gasteiger partial charge in [-0.2, -0.15) is 0 Å². The Labute approximate surface area is 111 Å². The minimum Gasteiger partial charge on any atom is -0.466 e. The van der Waals surface area contributed by atoms with Crippen molar-refractivity contribution >= 4 is 17.3 Å². The van der Waals surface area contributed by atoms with Crippen molar-refractivity contribution in [1.82, 2.24) is 10.2 Å². The van der Waals surface area contributed by atoms with Crippen LogP contribution in [0.15, 0.2) is 0 Å². The second kappa shape index (κ2) is 6.68. The van der Waals surface area contributed by atoms with Crippen LogP contribution in [0.5, 0.6) is 5.19 Å². The molecule has 1 aliphatic carbocycles. The normalized spacial score (nSPS) is 16.5. The van der Waals surface area contributed by atoms with E-state index in [1.165, 1.54) is 30.6 Å². The fourth-order valence-corrected chi connectivity index (χ4v) is 2.76. The molecule has 6 heteroatoms. The van der Waals surface area contributed by atoms with Crippen molar-refractivity contribution in [1.29, 1.82) is 0 Å². The monoisotopic (exact) mass is 270 g/mol. The molecule has 2 rings (SSSR count). The SMILES string of the molecule is CCOC(=O)Cc1nnc(OC2CCCCC2)s1. The smallest absolute Gasteiger partial charge is 0.312 e. The Balaban J connectivity index is 1.83. The number of esters is 1. The van der Waals surface area contributed by atoms with Gasteiger partial charge in [0.2, 0.25) is 0 Å². The molecule has 0 bridgehead atoms. The zero-order chi connectivity index (χ0) is 12.8. The van der Waals surface area contributed by atoms with Crippen LogP contribution in [0.1, 0.15) is 44.0 Å². The number of nitrogens with zero attached hydrogens (tertiary/aromatic N) is 2. The molecule has 1 fully saturated rings. The minimum atomic E-state index is -0.266. The number of ether oxygens (including phenoxy) is 2. The molecule has 0 unspecified atom stereocenters. The summed E-state index contributed by atoms with van der Waals surface area (Å²) < 4.78 is 10.6. The molecule has 5 nitrogen and oxygen atoms in total. The van der Waals surface area contributed by atoms with E-state index in [4.69, 9.17) is 9.47 Å². The third kappa shape index (κ3) is 3.94. The minimum absolute atomic E-state index is 0.180. The number of carbonyl (C=O) groups excluding carboxylic acids is 1. The molecule has 0 aliphatic heterocycles. The molecule has 18 heavy (non-hydrogen) atoms. The van der Waals surface area contributed by atoms with Crippen molar-refractivity contribution in [2.24, 2.45) is 0 Å². The maximum atomic E-state index is 11.3. The van der Waals surface area contributed by atoms with E-state index >= 15 is 0 Å². The number of rotatable bonds is 5. The fourth-order valence-electron chi connectivity index (χ4n) is 2.02. The summed E-state index contributed by atoms with van der Waals surface area (Å²) in [6, 6.07) is 0. The Morgan fingerprint density at radius 2 is 2.11 bits per heavy atom. The van der Waals surface area contributed by atoms with E-state index in [0.717, 1.165) is 12.8 Å². The van der Waals surface area contributed by atoms with Crippen LogP contribution in [0.2, 0.25) is 0 Å². The highest BCUT2D eigenvalue weighted by molar-refractivity contribution is 7.13. The van der Waals surface area contributed by atoms with Gasteiger partial charge in [0.1, 0.15) is 11.1 Å². The zero-order valence-corrected chi connectivity index (χ0v) is 11.4. The van der Waals surface area contributed by atoms with E-state index in [9.17, 15) is 4.79 Å². The molecule has 1 heterocycles. The van der Waals surface area contributed by atoms with Gasteiger partial charge in [-0.15, -0.1) is 10.2 Å². The van der Waals surface area contributed by atoms with E-state index in [0.29, 0.717) is 16.8 Å². The molecular formula is C12H18N2O3S. The third-order valence-electron chi connectivity index (χ3n) is 2.87. The standard InChI is InChI=1S/C12H18N2O3S/c1-2-16-11(15)8-10-13-14-12(18-10)17-9-6-4-3-5-7-9/h9H,2-8H2,1H3. The Hall–Kier alpha value is -1.17. The van der Waals surface area contributed by atoms with Gasteiger partial charge in [0.05, 0.1) is 13.0 Å². The average Bonchev–Trinajstić information content (AvgIpc) is 2.78. The predicted octanol–water partition coefficient (Wildman–Crippen LogP) is 2.36. The molecule has 0 amide bonds. The Kier molecular flexibility index (Phi) is 4.92. The summed E-state index contributed by atoms with van der Waals surface area (Å²) in [7, 11) is 0. The van der Waals surface area contributed by atoms with E-state index in [-0.39, 0.29) is 18.5 Å². The summed E-state index contributed by atoms with van der Waals surface area (Å²) >= 11 is 1.34. The second-order valence-corrected chi connectivity index (χ2v) is 5.35. The van der Waals surface area contributed by atoms with Gasteiger partial charge in [-0.1, -0.05) is 17.8 Å².